The van der Waals surface area contributed by atoms with E-state index in [4.69, 9.17) is 4.74 Å². The average molecular weight is 366 g/mol. The first-order valence-electron chi connectivity index (χ1n) is 9.47. The molecule has 142 valence electrons. The Morgan fingerprint density at radius 1 is 1.11 bits per heavy atom. The van der Waals surface area contributed by atoms with Gasteiger partial charge in [-0.15, -0.1) is 0 Å². The second-order valence-electron chi connectivity index (χ2n) is 6.95. The summed E-state index contributed by atoms with van der Waals surface area (Å²) in [6, 6.07) is 13.7. The van der Waals surface area contributed by atoms with Crippen molar-refractivity contribution in [3.05, 3.63) is 66.0 Å². The van der Waals surface area contributed by atoms with Crippen molar-refractivity contribution in [3.8, 4) is 0 Å². The van der Waals surface area contributed by atoms with Crippen LogP contribution in [0, 0.1) is 5.92 Å². The highest BCUT2D eigenvalue weighted by Gasteiger charge is 2.29. The first-order chi connectivity index (χ1) is 13.2. The van der Waals surface area contributed by atoms with Crippen LogP contribution in [0.15, 0.2) is 54.9 Å². The maximum Gasteiger partial charge on any atom is 0.223 e. The summed E-state index contributed by atoms with van der Waals surface area (Å²) in [5, 5.41) is 0. The number of aromatic nitrogens is 1. The zero-order valence-corrected chi connectivity index (χ0v) is 15.7. The van der Waals surface area contributed by atoms with E-state index in [0.717, 1.165) is 25.9 Å². The van der Waals surface area contributed by atoms with E-state index < -0.39 is 0 Å². The third-order valence-electron chi connectivity index (χ3n) is 5.25. The number of ketones is 1. The van der Waals surface area contributed by atoms with Crippen LogP contribution in [0.25, 0.3) is 0 Å². The summed E-state index contributed by atoms with van der Waals surface area (Å²) in [6.07, 6.45) is 5.56. The molecule has 1 aliphatic heterocycles. The zero-order valence-electron chi connectivity index (χ0n) is 15.7. The van der Waals surface area contributed by atoms with Gasteiger partial charge in [-0.2, -0.15) is 0 Å². The standard InChI is InChI=1S/C22H26N2O3/c1-27-22(17-6-3-2-4-7-17)18-11-14-24(15-12-18)21(26)10-9-20(25)19-8-5-13-23-16-19/h2-8,13,16,18,22H,9-12,14-15H2,1H3. The van der Waals surface area contributed by atoms with Gasteiger partial charge in [0.15, 0.2) is 5.78 Å². The fraction of sp³-hybridized carbons (Fsp3) is 0.409. The van der Waals surface area contributed by atoms with Crippen molar-refractivity contribution >= 4 is 11.7 Å². The number of pyridine rings is 1. The Balaban J connectivity index is 1.48. The van der Waals surface area contributed by atoms with Crippen LogP contribution in [-0.2, 0) is 9.53 Å². The predicted octanol–water partition coefficient (Wildman–Crippen LogP) is 3.67. The van der Waals surface area contributed by atoms with Gasteiger partial charge >= 0.3 is 0 Å². The van der Waals surface area contributed by atoms with Gasteiger partial charge in [0.2, 0.25) is 5.91 Å². The number of piperidine rings is 1. The molecule has 0 radical (unpaired) electrons. The number of hydrogen-bond acceptors (Lipinski definition) is 4. The van der Waals surface area contributed by atoms with Crippen LogP contribution in [0.2, 0.25) is 0 Å². The monoisotopic (exact) mass is 366 g/mol. The lowest BCUT2D eigenvalue weighted by atomic mass is 9.87. The van der Waals surface area contributed by atoms with Crippen molar-refractivity contribution in [1.82, 2.24) is 9.88 Å². The van der Waals surface area contributed by atoms with Gasteiger partial charge in [0.1, 0.15) is 0 Å². The van der Waals surface area contributed by atoms with Gasteiger partial charge in [-0.05, 0) is 36.5 Å². The molecule has 1 amide bonds. The Kier molecular flexibility index (Phi) is 6.71. The minimum atomic E-state index is -0.0325. The summed E-state index contributed by atoms with van der Waals surface area (Å²) in [5.74, 6) is 0.424. The number of hydrogen-bond donors (Lipinski definition) is 0. The molecule has 5 nitrogen and oxygen atoms in total. The van der Waals surface area contributed by atoms with E-state index in [0.29, 0.717) is 11.5 Å². The number of carbonyl (C=O) groups is 2. The second kappa shape index (κ2) is 9.42. The van der Waals surface area contributed by atoms with Crippen LogP contribution in [0.4, 0.5) is 0 Å². The van der Waals surface area contributed by atoms with Crippen LogP contribution in [-0.4, -0.2) is 41.8 Å². The molecule has 1 aliphatic rings. The molecule has 0 N–H and O–H groups in total. The number of methoxy groups -OCH3 is 1. The SMILES string of the molecule is COC(c1ccccc1)C1CCN(C(=O)CCC(=O)c2cccnc2)CC1. The Hall–Kier alpha value is -2.53. The third kappa shape index (κ3) is 5.01. The maximum absolute atomic E-state index is 12.5. The first-order valence-corrected chi connectivity index (χ1v) is 9.47. The van der Waals surface area contributed by atoms with Crippen LogP contribution in [0.3, 0.4) is 0 Å². The molecule has 1 aromatic heterocycles. The van der Waals surface area contributed by atoms with Crippen LogP contribution in [0.1, 0.15) is 47.7 Å². The molecule has 1 fully saturated rings. The van der Waals surface area contributed by atoms with Gasteiger partial charge in [-0.3, -0.25) is 14.6 Å². The topological polar surface area (TPSA) is 59.5 Å². The normalized spacial score (nSPS) is 16.1. The highest BCUT2D eigenvalue weighted by molar-refractivity contribution is 5.97. The summed E-state index contributed by atoms with van der Waals surface area (Å²) in [5.41, 5.74) is 1.75. The Labute approximate surface area is 160 Å². The molecule has 2 heterocycles. The smallest absolute Gasteiger partial charge is 0.223 e. The third-order valence-corrected chi connectivity index (χ3v) is 5.25. The van der Waals surface area contributed by atoms with Crippen molar-refractivity contribution in [3.63, 3.8) is 0 Å². The van der Waals surface area contributed by atoms with Crippen LogP contribution < -0.4 is 0 Å². The summed E-state index contributed by atoms with van der Waals surface area (Å²) in [4.78, 5) is 30.5. The highest BCUT2D eigenvalue weighted by Crippen LogP contribution is 2.33. The second-order valence-corrected chi connectivity index (χ2v) is 6.95. The van der Waals surface area contributed by atoms with E-state index >= 15 is 0 Å². The molecule has 1 unspecified atom stereocenters. The molecule has 0 aliphatic carbocycles. The molecule has 0 bridgehead atoms. The summed E-state index contributed by atoms with van der Waals surface area (Å²) >= 11 is 0. The Morgan fingerprint density at radius 3 is 2.48 bits per heavy atom. The van der Waals surface area contributed by atoms with Crippen molar-refractivity contribution in [2.75, 3.05) is 20.2 Å². The van der Waals surface area contributed by atoms with Crippen molar-refractivity contribution < 1.29 is 14.3 Å². The van der Waals surface area contributed by atoms with E-state index in [1.807, 2.05) is 23.1 Å². The Bertz CT molecular complexity index is 741. The molecule has 3 rings (SSSR count). The molecule has 0 saturated carbocycles. The number of rotatable bonds is 7. The lowest BCUT2D eigenvalue weighted by molar-refractivity contribution is -0.133. The van der Waals surface area contributed by atoms with Gasteiger partial charge in [0.25, 0.3) is 0 Å². The van der Waals surface area contributed by atoms with E-state index in [1.165, 1.54) is 5.56 Å². The first kappa shape index (κ1) is 19.2. The number of benzene rings is 1. The molecule has 2 aromatic rings. The minimum absolute atomic E-state index is 0.0325. The van der Waals surface area contributed by atoms with Gasteiger partial charge in [0, 0.05) is 51.0 Å². The van der Waals surface area contributed by atoms with Crippen molar-refractivity contribution in [2.24, 2.45) is 5.92 Å². The number of ether oxygens (including phenoxy) is 1. The number of carbonyl (C=O) groups excluding carboxylic acids is 2. The number of Topliss-reactive ketones (excluding diaryl/α,β-unsaturated/α-hetero) is 1. The van der Waals surface area contributed by atoms with Gasteiger partial charge in [0.05, 0.1) is 6.10 Å². The Morgan fingerprint density at radius 2 is 1.85 bits per heavy atom. The minimum Gasteiger partial charge on any atom is -0.376 e. The van der Waals surface area contributed by atoms with Gasteiger partial charge in [-0.25, -0.2) is 0 Å². The lowest BCUT2D eigenvalue weighted by Crippen LogP contribution is -2.40. The summed E-state index contributed by atoms with van der Waals surface area (Å²) in [6.45, 7) is 1.44. The fourth-order valence-corrected chi connectivity index (χ4v) is 3.75. The highest BCUT2D eigenvalue weighted by atomic mass is 16.5. The van der Waals surface area contributed by atoms with E-state index in [2.05, 4.69) is 17.1 Å². The zero-order chi connectivity index (χ0) is 19.1. The van der Waals surface area contributed by atoms with E-state index in [9.17, 15) is 9.59 Å². The number of amides is 1. The lowest BCUT2D eigenvalue weighted by Gasteiger charge is -2.35. The number of nitrogens with zero attached hydrogens (tertiary/aromatic N) is 2. The molecule has 5 heteroatoms. The molecular weight excluding hydrogens is 340 g/mol. The largest absolute Gasteiger partial charge is 0.376 e. The molecular formula is C22H26N2O3. The van der Waals surface area contributed by atoms with Crippen molar-refractivity contribution in [1.29, 1.82) is 0 Å². The predicted molar refractivity (Wildman–Crippen MR) is 103 cm³/mol. The van der Waals surface area contributed by atoms with Gasteiger partial charge in [-0.1, -0.05) is 30.3 Å². The van der Waals surface area contributed by atoms with E-state index in [-0.39, 0.29) is 30.6 Å². The molecule has 1 atom stereocenters. The molecule has 27 heavy (non-hydrogen) atoms. The molecule has 0 spiro atoms. The van der Waals surface area contributed by atoms with Gasteiger partial charge < -0.3 is 9.64 Å². The average Bonchev–Trinajstić information content (AvgIpc) is 2.74. The number of likely N-dealkylation sites (tertiary alicyclic amines) is 1. The van der Waals surface area contributed by atoms with Crippen LogP contribution >= 0.6 is 0 Å². The quantitative estimate of drug-likeness (QED) is 0.702. The summed E-state index contributed by atoms with van der Waals surface area (Å²) < 4.78 is 5.75. The fourth-order valence-electron chi connectivity index (χ4n) is 3.75. The van der Waals surface area contributed by atoms with Crippen LogP contribution in [0.5, 0.6) is 0 Å². The molecule has 1 saturated heterocycles. The summed E-state index contributed by atoms with van der Waals surface area (Å²) in [7, 11) is 1.75. The van der Waals surface area contributed by atoms with E-state index in [1.54, 1.807) is 31.6 Å². The maximum atomic E-state index is 12.5. The van der Waals surface area contributed by atoms with Crippen molar-refractivity contribution in [2.45, 2.75) is 31.8 Å². The molecule has 1 aromatic carbocycles.